The van der Waals surface area contributed by atoms with Crippen molar-refractivity contribution in [3.8, 4) is 0 Å². The third-order valence-electron chi connectivity index (χ3n) is 0.192. The summed E-state index contributed by atoms with van der Waals surface area (Å²) in [4.78, 5) is 18.6. The van der Waals surface area contributed by atoms with Crippen LogP contribution in [-0.4, -0.2) is 20.0 Å². The zero-order valence-corrected chi connectivity index (χ0v) is 12.0. The summed E-state index contributed by atoms with van der Waals surface area (Å²) in [5.41, 5.74) is 0. The van der Waals surface area contributed by atoms with Crippen molar-refractivity contribution in [2.24, 2.45) is 0 Å². The van der Waals surface area contributed by atoms with E-state index in [9.17, 15) is 9.59 Å². The summed E-state index contributed by atoms with van der Waals surface area (Å²) < 4.78 is 3.92. The summed E-state index contributed by atoms with van der Waals surface area (Å²) in [6, 6.07) is 0. The van der Waals surface area contributed by atoms with E-state index in [2.05, 4.69) is 4.12 Å². The molecular weight excluding hydrogens is 150 g/mol. The van der Waals surface area contributed by atoms with Gasteiger partial charge in [0.15, 0.2) is 0 Å². The first-order valence-electron chi connectivity index (χ1n) is 1.12. The van der Waals surface area contributed by atoms with Gasteiger partial charge in [0, 0.05) is 0 Å². The van der Waals surface area contributed by atoms with Crippen molar-refractivity contribution in [2.75, 3.05) is 0 Å². The van der Waals surface area contributed by atoms with Crippen molar-refractivity contribution in [3.63, 3.8) is 0 Å². The smallest absolute Gasteiger partial charge is 0.853 e. The van der Waals surface area contributed by atoms with Gasteiger partial charge in [-0.05, 0) is 9.53 Å². The van der Waals surface area contributed by atoms with Gasteiger partial charge in [-0.1, -0.05) is 0 Å². The van der Waals surface area contributed by atoms with Crippen molar-refractivity contribution in [3.05, 3.63) is 0 Å². The molecule has 0 N–H and O–H groups in total. The molecule has 0 spiro atoms. The van der Waals surface area contributed by atoms with Crippen LogP contribution in [0.4, 0.5) is 0 Å². The molecule has 7 heteroatoms. The van der Waals surface area contributed by atoms with Gasteiger partial charge >= 0.3 is 59.1 Å². The zero-order valence-electron chi connectivity index (χ0n) is 4.80. The zero-order chi connectivity index (χ0) is 4.28. The number of hydrogen-bond acceptors (Lipinski definition) is 3. The van der Waals surface area contributed by atoms with Crippen LogP contribution in [0.25, 0.3) is 0 Å². The first kappa shape index (κ1) is 16.1. The van der Waals surface area contributed by atoms with Crippen molar-refractivity contribution in [2.45, 2.75) is 0 Å². The molecule has 7 heavy (non-hydrogen) atoms. The third kappa shape index (κ3) is 17.8. The number of rotatable bonds is 1. The van der Waals surface area contributed by atoms with Gasteiger partial charge in [0.2, 0.25) is 0 Å². The fourth-order valence-corrected chi connectivity index (χ4v) is 0. The molecule has 0 radical (unpaired) electrons. The molecular formula is H4Na2O3Si2. The second kappa shape index (κ2) is 11.2. The molecule has 3 nitrogen and oxygen atoms in total. The summed E-state index contributed by atoms with van der Waals surface area (Å²) >= 11 is 0. The molecule has 0 aliphatic heterocycles. The Morgan fingerprint density at radius 2 is 1.43 bits per heavy atom. The van der Waals surface area contributed by atoms with Gasteiger partial charge < -0.3 is 13.7 Å². The van der Waals surface area contributed by atoms with Crippen molar-refractivity contribution in [1.29, 1.82) is 0 Å². The average molecular weight is 154 g/mol. The normalized spacial score (nSPS) is 7.29. The van der Waals surface area contributed by atoms with E-state index in [1.807, 2.05) is 0 Å². The molecule has 0 aromatic rings. The third-order valence-corrected chi connectivity index (χ3v) is 1.73. The predicted octanol–water partition coefficient (Wildman–Crippen LogP) is -10.3. The molecule has 0 heterocycles. The molecule has 0 amide bonds. The number of hydrogen-bond donors (Lipinski definition) is 0. The quantitative estimate of drug-likeness (QED) is 0.352. The van der Waals surface area contributed by atoms with Crippen LogP contribution < -0.4 is 68.7 Å². The molecule has 0 saturated heterocycles. The van der Waals surface area contributed by atoms with Crippen LogP contribution >= 0.6 is 0 Å². The Kier molecular flexibility index (Phi) is 25.7. The standard InChI is InChI=1S/2Na.H4O3Si2/c;;1-5(2)3-4/h;;5H,4H3/q2*+1;-2. The summed E-state index contributed by atoms with van der Waals surface area (Å²) in [5.74, 6) is 0. The fourth-order valence-electron chi connectivity index (χ4n) is 0. The minimum absolute atomic E-state index is 0. The van der Waals surface area contributed by atoms with Gasteiger partial charge in [0.05, 0.1) is 0 Å². The Labute approximate surface area is 91.5 Å². The van der Waals surface area contributed by atoms with E-state index in [0.717, 1.165) is 0 Å². The first-order chi connectivity index (χ1) is 2.27. The van der Waals surface area contributed by atoms with Crippen LogP contribution in [0.2, 0.25) is 0 Å². The molecule has 0 atom stereocenters. The van der Waals surface area contributed by atoms with Crippen molar-refractivity contribution >= 4 is 20.0 Å². The van der Waals surface area contributed by atoms with Gasteiger partial charge in [0.25, 0.3) is 0 Å². The van der Waals surface area contributed by atoms with E-state index >= 15 is 0 Å². The van der Waals surface area contributed by atoms with Crippen LogP contribution in [-0.2, 0) is 4.12 Å². The van der Waals surface area contributed by atoms with Gasteiger partial charge in [0.1, 0.15) is 10.5 Å². The molecule has 0 aliphatic rings. The molecule has 32 valence electrons. The van der Waals surface area contributed by atoms with Gasteiger partial charge in [-0.15, -0.1) is 0 Å². The first-order valence-corrected chi connectivity index (χ1v) is 3.35. The van der Waals surface area contributed by atoms with Crippen LogP contribution in [0.15, 0.2) is 0 Å². The van der Waals surface area contributed by atoms with E-state index in [1.54, 1.807) is 0 Å². The second-order valence-corrected chi connectivity index (χ2v) is 2.99. The molecule has 0 unspecified atom stereocenters. The second-order valence-electron chi connectivity index (χ2n) is 0.524. The molecule has 0 fully saturated rings. The van der Waals surface area contributed by atoms with Gasteiger partial charge in [-0.2, -0.15) is 0 Å². The summed E-state index contributed by atoms with van der Waals surface area (Å²) in [7, 11) is -2.78. The summed E-state index contributed by atoms with van der Waals surface area (Å²) in [5, 5.41) is 0. The topological polar surface area (TPSA) is 55.3 Å². The van der Waals surface area contributed by atoms with Crippen molar-refractivity contribution in [1.82, 2.24) is 0 Å². The van der Waals surface area contributed by atoms with E-state index in [0.29, 0.717) is 10.5 Å². The molecule has 0 aromatic carbocycles. The van der Waals surface area contributed by atoms with Gasteiger partial charge in [-0.25, -0.2) is 0 Å². The van der Waals surface area contributed by atoms with Crippen molar-refractivity contribution < 1.29 is 72.8 Å². The van der Waals surface area contributed by atoms with Crippen LogP contribution in [0, 0.1) is 0 Å². The Bertz CT molecular complexity index is 24.9. The fraction of sp³-hybridized carbons (Fsp3) is 0. The van der Waals surface area contributed by atoms with Gasteiger partial charge in [-0.3, -0.25) is 0 Å². The molecule has 0 bridgehead atoms. The molecule has 0 aliphatic carbocycles. The van der Waals surface area contributed by atoms with Crippen LogP contribution in [0.5, 0.6) is 0 Å². The molecule has 0 saturated carbocycles. The monoisotopic (exact) mass is 154 g/mol. The minimum Gasteiger partial charge on any atom is -0.853 e. The average Bonchev–Trinajstić information content (AvgIpc) is 1.38. The van der Waals surface area contributed by atoms with Crippen LogP contribution in [0.3, 0.4) is 0 Å². The SMILES string of the molecule is [Na+].[Na+].[O-][SiH]([O-])O[SiH3]. The maximum Gasteiger partial charge on any atom is 1.00 e. The van der Waals surface area contributed by atoms with E-state index < -0.39 is 9.53 Å². The maximum atomic E-state index is 9.29. The Balaban J connectivity index is -0.0000000800. The Hall–Kier alpha value is 2.31. The Morgan fingerprint density at radius 3 is 1.43 bits per heavy atom. The Morgan fingerprint density at radius 1 is 1.29 bits per heavy atom. The molecule has 0 rings (SSSR count). The van der Waals surface area contributed by atoms with E-state index in [1.165, 1.54) is 0 Å². The van der Waals surface area contributed by atoms with Crippen LogP contribution in [0.1, 0.15) is 0 Å². The van der Waals surface area contributed by atoms with E-state index in [4.69, 9.17) is 0 Å². The van der Waals surface area contributed by atoms with E-state index in [-0.39, 0.29) is 59.1 Å². The predicted molar refractivity (Wildman–Crippen MR) is 18.2 cm³/mol. The largest absolute Gasteiger partial charge is 1.00 e. The summed E-state index contributed by atoms with van der Waals surface area (Å²) in [6.45, 7) is 0. The maximum absolute atomic E-state index is 9.29. The minimum atomic E-state index is -3.09. The summed E-state index contributed by atoms with van der Waals surface area (Å²) in [6.07, 6.45) is 0. The molecule has 0 aromatic heterocycles.